The molecule has 2 N–H and O–H groups in total. The van der Waals surface area contributed by atoms with E-state index in [2.05, 4.69) is 9.97 Å². The van der Waals surface area contributed by atoms with Crippen LogP contribution in [0.1, 0.15) is 0 Å². The Hall–Kier alpha value is -1.66. The molecule has 107 valence electrons. The van der Waals surface area contributed by atoms with Gasteiger partial charge in [-0.15, -0.1) is 0 Å². The van der Waals surface area contributed by atoms with Crippen LogP contribution in [0, 0.1) is 0 Å². The van der Waals surface area contributed by atoms with Crippen molar-refractivity contribution in [1.29, 1.82) is 0 Å². The smallest absolute Gasteiger partial charge is 0.327 e. The Labute approximate surface area is 126 Å². The maximum atomic E-state index is 11.1. The van der Waals surface area contributed by atoms with Gasteiger partial charge in [-0.25, -0.2) is 4.98 Å². The van der Waals surface area contributed by atoms with Crippen LogP contribution in [0.2, 0.25) is 0 Å². The average molecular weight is 338 g/mol. The van der Waals surface area contributed by atoms with Crippen LogP contribution in [-0.4, -0.2) is 22.9 Å². The third kappa shape index (κ3) is 2.62. The van der Waals surface area contributed by atoms with Gasteiger partial charge in [0.2, 0.25) is 0 Å². The number of nitrogens with zero attached hydrogens (tertiary/aromatic N) is 1. The molecule has 1 heterocycles. The number of hydrogen-bond acceptors (Lipinski definition) is 3. The molecule has 0 spiro atoms. The summed E-state index contributed by atoms with van der Waals surface area (Å²) >= 11 is 0. The van der Waals surface area contributed by atoms with E-state index in [-0.39, 0.29) is 17.1 Å². The van der Waals surface area contributed by atoms with Crippen LogP contribution in [-0.2, 0) is 27.2 Å². The Balaban J connectivity index is 0.00000147. The summed E-state index contributed by atoms with van der Waals surface area (Å²) < 4.78 is 31.3. The standard InChI is InChI=1S/C13H10N2O3S.Cu/c16-19(17,18)13-14-11-8-4-7-10(12(11)15-13)9-5-2-1-3-6-9;/h1-8H,(H,14,15)(H,16,17,18);. The molecule has 20 heavy (non-hydrogen) atoms. The minimum Gasteiger partial charge on any atom is -0.327 e. The number of hydrogen-bond donors (Lipinski definition) is 2. The van der Waals surface area contributed by atoms with E-state index < -0.39 is 15.3 Å². The Kier molecular flexibility index (Phi) is 3.96. The van der Waals surface area contributed by atoms with E-state index in [0.717, 1.165) is 11.1 Å². The van der Waals surface area contributed by atoms with E-state index in [4.69, 9.17) is 4.55 Å². The zero-order chi connectivity index (χ0) is 13.5. The first-order chi connectivity index (χ1) is 9.05. The fourth-order valence-corrected chi connectivity index (χ4v) is 2.43. The Morgan fingerprint density at radius 1 is 1.00 bits per heavy atom. The van der Waals surface area contributed by atoms with Crippen molar-refractivity contribution in [3.05, 3.63) is 48.5 Å². The molecule has 0 atom stereocenters. The van der Waals surface area contributed by atoms with Crippen LogP contribution < -0.4 is 0 Å². The summed E-state index contributed by atoms with van der Waals surface area (Å²) in [7, 11) is -4.33. The Bertz CT molecular complexity index is 844. The topological polar surface area (TPSA) is 83.1 Å². The normalized spacial score (nSPS) is 11.2. The number of aromatic nitrogens is 2. The van der Waals surface area contributed by atoms with Crippen LogP contribution in [0.25, 0.3) is 22.2 Å². The van der Waals surface area contributed by atoms with E-state index in [0.29, 0.717) is 11.0 Å². The maximum absolute atomic E-state index is 11.1. The predicted molar refractivity (Wildman–Crippen MR) is 71.3 cm³/mol. The summed E-state index contributed by atoms with van der Waals surface area (Å²) in [6, 6.07) is 14.9. The summed E-state index contributed by atoms with van der Waals surface area (Å²) in [5, 5.41) is -0.439. The monoisotopic (exact) mass is 337 g/mol. The third-order valence-corrected chi connectivity index (χ3v) is 3.50. The van der Waals surface area contributed by atoms with Crippen LogP contribution in [0.3, 0.4) is 0 Å². The second kappa shape index (κ2) is 5.38. The molecule has 3 rings (SSSR count). The third-order valence-electron chi connectivity index (χ3n) is 2.82. The average Bonchev–Trinajstić information content (AvgIpc) is 2.83. The fourth-order valence-electron chi connectivity index (χ4n) is 1.98. The predicted octanol–water partition coefficient (Wildman–Crippen LogP) is 2.47. The van der Waals surface area contributed by atoms with E-state index in [1.54, 1.807) is 12.1 Å². The number of imidazole rings is 1. The molecule has 0 aliphatic heterocycles. The van der Waals surface area contributed by atoms with Gasteiger partial charge in [0, 0.05) is 22.6 Å². The molecule has 0 bridgehead atoms. The van der Waals surface area contributed by atoms with Crippen molar-refractivity contribution in [1.82, 2.24) is 9.97 Å². The van der Waals surface area contributed by atoms with Crippen LogP contribution in [0.5, 0.6) is 0 Å². The molecule has 0 fully saturated rings. The number of para-hydroxylation sites is 1. The molecule has 0 saturated carbocycles. The zero-order valence-corrected chi connectivity index (χ0v) is 11.8. The number of aromatic amines is 1. The van der Waals surface area contributed by atoms with Gasteiger partial charge in [0.25, 0.3) is 5.16 Å². The van der Waals surface area contributed by atoms with E-state index in [9.17, 15) is 8.42 Å². The number of fused-ring (bicyclic) bond motifs is 1. The summed E-state index contributed by atoms with van der Waals surface area (Å²) in [6.07, 6.45) is 0. The molecule has 3 aromatic rings. The van der Waals surface area contributed by atoms with Crippen LogP contribution in [0.4, 0.5) is 0 Å². The minimum atomic E-state index is -4.33. The van der Waals surface area contributed by atoms with E-state index in [1.807, 2.05) is 36.4 Å². The van der Waals surface area contributed by atoms with Crippen LogP contribution >= 0.6 is 0 Å². The van der Waals surface area contributed by atoms with Gasteiger partial charge in [0.1, 0.15) is 0 Å². The van der Waals surface area contributed by atoms with Gasteiger partial charge in [0.05, 0.1) is 11.0 Å². The van der Waals surface area contributed by atoms with Crippen LogP contribution in [0.15, 0.2) is 53.7 Å². The van der Waals surface area contributed by atoms with Gasteiger partial charge >= 0.3 is 10.1 Å². The molecule has 5 nitrogen and oxygen atoms in total. The van der Waals surface area contributed by atoms with Crippen molar-refractivity contribution in [2.75, 3.05) is 0 Å². The second-order valence-corrected chi connectivity index (χ2v) is 5.42. The second-order valence-electron chi connectivity index (χ2n) is 4.08. The van der Waals surface area contributed by atoms with Crippen molar-refractivity contribution in [2.24, 2.45) is 0 Å². The van der Waals surface area contributed by atoms with Crippen molar-refractivity contribution in [3.63, 3.8) is 0 Å². The SMILES string of the molecule is O=S(=O)(O)c1nc2c(-c3ccccc3)cccc2[nH]1.[Cu]. The summed E-state index contributed by atoms with van der Waals surface area (Å²) in [4.78, 5) is 6.56. The first kappa shape index (κ1) is 14.7. The fraction of sp³-hybridized carbons (Fsp3) is 0. The molecule has 0 unspecified atom stereocenters. The van der Waals surface area contributed by atoms with Gasteiger partial charge in [-0.2, -0.15) is 8.42 Å². The number of benzene rings is 2. The number of H-pyrrole nitrogens is 1. The molecule has 0 aliphatic carbocycles. The largest absolute Gasteiger partial charge is 0.328 e. The van der Waals surface area contributed by atoms with Gasteiger partial charge in [-0.05, 0) is 11.6 Å². The first-order valence-electron chi connectivity index (χ1n) is 5.57. The molecular weight excluding hydrogens is 328 g/mol. The molecular formula is C13H10CuN2O3S. The molecule has 0 saturated heterocycles. The maximum Gasteiger partial charge on any atom is 0.328 e. The molecule has 0 amide bonds. The number of nitrogens with one attached hydrogen (secondary N) is 1. The summed E-state index contributed by atoms with van der Waals surface area (Å²) in [5.74, 6) is 0. The first-order valence-corrected chi connectivity index (χ1v) is 7.01. The molecule has 0 aliphatic rings. The van der Waals surface area contributed by atoms with Crippen molar-refractivity contribution in [3.8, 4) is 11.1 Å². The van der Waals surface area contributed by atoms with Gasteiger partial charge in [-0.1, -0.05) is 42.5 Å². The van der Waals surface area contributed by atoms with E-state index in [1.165, 1.54) is 0 Å². The van der Waals surface area contributed by atoms with Crippen molar-refractivity contribution < 1.29 is 30.0 Å². The van der Waals surface area contributed by atoms with Gasteiger partial charge in [0.15, 0.2) is 0 Å². The molecule has 7 heteroatoms. The summed E-state index contributed by atoms with van der Waals surface area (Å²) in [5.41, 5.74) is 2.82. The van der Waals surface area contributed by atoms with E-state index >= 15 is 0 Å². The minimum absolute atomic E-state index is 0. The Morgan fingerprint density at radius 3 is 2.35 bits per heavy atom. The molecule has 1 radical (unpaired) electrons. The van der Waals surface area contributed by atoms with Crippen molar-refractivity contribution in [2.45, 2.75) is 5.16 Å². The number of rotatable bonds is 2. The zero-order valence-electron chi connectivity index (χ0n) is 10.0. The van der Waals surface area contributed by atoms with Gasteiger partial charge in [-0.3, -0.25) is 4.55 Å². The molecule has 1 aromatic heterocycles. The van der Waals surface area contributed by atoms with Crippen molar-refractivity contribution >= 4 is 21.2 Å². The quantitative estimate of drug-likeness (QED) is 0.556. The molecule has 2 aromatic carbocycles. The Morgan fingerprint density at radius 2 is 1.70 bits per heavy atom. The summed E-state index contributed by atoms with van der Waals surface area (Å²) in [6.45, 7) is 0. The van der Waals surface area contributed by atoms with Gasteiger partial charge < -0.3 is 4.98 Å².